The van der Waals surface area contributed by atoms with Crippen LogP contribution < -0.4 is 9.88 Å². The molecule has 0 saturated heterocycles. The number of benzene rings is 1. The van der Waals surface area contributed by atoms with Crippen LogP contribution in [0, 0.1) is 6.92 Å². The van der Waals surface area contributed by atoms with Crippen molar-refractivity contribution in [2.24, 2.45) is 5.14 Å². The minimum absolute atomic E-state index is 0.00321. The molecular formula is C12H16BrNO3S. The molecule has 18 heavy (non-hydrogen) atoms. The summed E-state index contributed by atoms with van der Waals surface area (Å²) in [5.74, 6) is 0.304. The standard InChI is InChI=1S/C12H16BrNO3S/c1-8(2)4-5-17-12-9(3)6-10(13)7-11(12)18(14,15)16/h4,6-7H,5H2,1-3H3,(H2,14,15,16). The maximum absolute atomic E-state index is 11.5. The lowest BCUT2D eigenvalue weighted by molar-refractivity contribution is 0.349. The number of rotatable bonds is 4. The topological polar surface area (TPSA) is 69.4 Å². The molecule has 0 atom stereocenters. The summed E-state index contributed by atoms with van der Waals surface area (Å²) in [6.45, 7) is 5.97. The maximum atomic E-state index is 11.5. The van der Waals surface area contributed by atoms with Gasteiger partial charge >= 0.3 is 0 Å². The summed E-state index contributed by atoms with van der Waals surface area (Å²) in [4.78, 5) is -0.00321. The van der Waals surface area contributed by atoms with Gasteiger partial charge in [0.25, 0.3) is 0 Å². The van der Waals surface area contributed by atoms with E-state index in [1.54, 1.807) is 13.0 Å². The third-order valence-electron chi connectivity index (χ3n) is 2.23. The zero-order chi connectivity index (χ0) is 13.9. The van der Waals surface area contributed by atoms with Crippen LogP contribution in [0.15, 0.2) is 33.2 Å². The monoisotopic (exact) mass is 333 g/mol. The highest BCUT2D eigenvalue weighted by molar-refractivity contribution is 9.10. The largest absolute Gasteiger partial charge is 0.488 e. The van der Waals surface area contributed by atoms with Crippen molar-refractivity contribution in [3.05, 3.63) is 33.8 Å². The van der Waals surface area contributed by atoms with E-state index in [2.05, 4.69) is 15.9 Å². The lowest BCUT2D eigenvalue weighted by Gasteiger charge is -2.12. The van der Waals surface area contributed by atoms with Gasteiger partial charge in [0.15, 0.2) is 0 Å². The quantitative estimate of drug-likeness (QED) is 0.861. The van der Waals surface area contributed by atoms with Crippen molar-refractivity contribution < 1.29 is 13.2 Å². The van der Waals surface area contributed by atoms with E-state index in [-0.39, 0.29) is 4.90 Å². The molecule has 0 aromatic heterocycles. The van der Waals surface area contributed by atoms with Crippen LogP contribution in [-0.4, -0.2) is 15.0 Å². The van der Waals surface area contributed by atoms with Crippen LogP contribution >= 0.6 is 15.9 Å². The van der Waals surface area contributed by atoms with Gasteiger partial charge in [0, 0.05) is 4.47 Å². The van der Waals surface area contributed by atoms with Crippen molar-refractivity contribution in [2.75, 3.05) is 6.61 Å². The molecule has 0 heterocycles. The molecule has 100 valence electrons. The number of sulfonamides is 1. The van der Waals surface area contributed by atoms with Gasteiger partial charge < -0.3 is 4.74 Å². The number of aryl methyl sites for hydroxylation is 1. The summed E-state index contributed by atoms with van der Waals surface area (Å²) in [5.41, 5.74) is 1.82. The Morgan fingerprint density at radius 1 is 1.44 bits per heavy atom. The van der Waals surface area contributed by atoms with Gasteiger partial charge in [-0.3, -0.25) is 0 Å². The number of primary sulfonamides is 1. The SMILES string of the molecule is CC(C)=CCOc1c(C)cc(Br)cc1S(N)(=O)=O. The Balaban J connectivity index is 3.21. The van der Waals surface area contributed by atoms with Crippen molar-refractivity contribution in [3.8, 4) is 5.75 Å². The highest BCUT2D eigenvalue weighted by Gasteiger charge is 2.18. The van der Waals surface area contributed by atoms with Gasteiger partial charge in [-0.05, 0) is 44.5 Å². The van der Waals surface area contributed by atoms with Crippen LogP contribution in [0.1, 0.15) is 19.4 Å². The van der Waals surface area contributed by atoms with Gasteiger partial charge in [0.05, 0.1) is 0 Å². The fraction of sp³-hybridized carbons (Fsp3) is 0.333. The number of ether oxygens (including phenoxy) is 1. The van der Waals surface area contributed by atoms with E-state index in [4.69, 9.17) is 9.88 Å². The lowest BCUT2D eigenvalue weighted by atomic mass is 10.2. The highest BCUT2D eigenvalue weighted by Crippen LogP contribution is 2.30. The number of allylic oxidation sites excluding steroid dienone is 1. The molecule has 1 rings (SSSR count). The summed E-state index contributed by atoms with van der Waals surface area (Å²) >= 11 is 3.24. The average molecular weight is 334 g/mol. The van der Waals surface area contributed by atoms with Crippen LogP contribution in [0.25, 0.3) is 0 Å². The first-order valence-electron chi connectivity index (χ1n) is 5.31. The van der Waals surface area contributed by atoms with Gasteiger partial charge in [-0.2, -0.15) is 0 Å². The van der Waals surface area contributed by atoms with E-state index in [1.165, 1.54) is 6.07 Å². The zero-order valence-corrected chi connectivity index (χ0v) is 12.9. The second kappa shape index (κ2) is 5.86. The highest BCUT2D eigenvalue weighted by atomic mass is 79.9. The van der Waals surface area contributed by atoms with Gasteiger partial charge in [-0.15, -0.1) is 0 Å². The zero-order valence-electron chi connectivity index (χ0n) is 10.5. The van der Waals surface area contributed by atoms with Crippen LogP contribution in [-0.2, 0) is 10.0 Å². The van der Waals surface area contributed by atoms with E-state index < -0.39 is 10.0 Å². The van der Waals surface area contributed by atoms with Gasteiger partial charge in [-0.1, -0.05) is 21.5 Å². The van der Waals surface area contributed by atoms with E-state index in [1.807, 2.05) is 19.9 Å². The molecule has 0 bridgehead atoms. The number of hydrogen-bond acceptors (Lipinski definition) is 3. The molecule has 0 aliphatic heterocycles. The van der Waals surface area contributed by atoms with Crippen LogP contribution in [0.5, 0.6) is 5.75 Å². The van der Waals surface area contributed by atoms with Crippen LogP contribution in [0.2, 0.25) is 0 Å². The average Bonchev–Trinajstić information content (AvgIpc) is 2.18. The number of halogens is 1. The second-order valence-electron chi connectivity index (χ2n) is 4.19. The van der Waals surface area contributed by atoms with Gasteiger partial charge in [0.2, 0.25) is 10.0 Å². The summed E-state index contributed by atoms with van der Waals surface area (Å²) in [7, 11) is -3.80. The summed E-state index contributed by atoms with van der Waals surface area (Å²) < 4.78 is 29.2. The van der Waals surface area contributed by atoms with Crippen molar-refractivity contribution in [1.82, 2.24) is 0 Å². The fourth-order valence-electron chi connectivity index (χ4n) is 1.39. The Bertz CT molecular complexity index is 575. The summed E-state index contributed by atoms with van der Waals surface area (Å²) in [6.07, 6.45) is 1.87. The Hall–Kier alpha value is -0.850. The molecule has 0 fully saturated rings. The molecule has 1 aromatic rings. The molecule has 2 N–H and O–H groups in total. The van der Waals surface area contributed by atoms with E-state index in [9.17, 15) is 8.42 Å². The molecule has 1 aromatic carbocycles. The first kappa shape index (κ1) is 15.2. The molecule has 0 aliphatic rings. The smallest absolute Gasteiger partial charge is 0.241 e. The predicted molar refractivity (Wildman–Crippen MR) is 75.2 cm³/mol. The third kappa shape index (κ3) is 4.12. The molecular weight excluding hydrogens is 318 g/mol. The minimum Gasteiger partial charge on any atom is -0.488 e. The summed E-state index contributed by atoms with van der Waals surface area (Å²) in [6, 6.07) is 3.23. The molecule has 0 spiro atoms. The fourth-order valence-corrected chi connectivity index (χ4v) is 2.88. The molecule has 6 heteroatoms. The minimum atomic E-state index is -3.80. The number of hydrogen-bond donors (Lipinski definition) is 1. The predicted octanol–water partition coefficient (Wildman–Crippen LogP) is 2.75. The molecule has 4 nitrogen and oxygen atoms in total. The second-order valence-corrected chi connectivity index (χ2v) is 6.63. The van der Waals surface area contributed by atoms with Crippen LogP contribution in [0.3, 0.4) is 0 Å². The Morgan fingerprint density at radius 2 is 2.06 bits per heavy atom. The van der Waals surface area contributed by atoms with Gasteiger partial charge in [0.1, 0.15) is 17.3 Å². The van der Waals surface area contributed by atoms with Crippen molar-refractivity contribution in [2.45, 2.75) is 25.7 Å². The molecule has 0 aliphatic carbocycles. The van der Waals surface area contributed by atoms with Crippen LogP contribution in [0.4, 0.5) is 0 Å². The van der Waals surface area contributed by atoms with Gasteiger partial charge in [-0.25, -0.2) is 13.6 Å². The van der Waals surface area contributed by atoms with E-state index >= 15 is 0 Å². The Kier molecular flexibility index (Phi) is 4.95. The van der Waals surface area contributed by atoms with Crippen molar-refractivity contribution in [3.63, 3.8) is 0 Å². The Labute approximate surface area is 116 Å². The third-order valence-corrected chi connectivity index (χ3v) is 3.61. The molecule has 0 saturated carbocycles. The lowest BCUT2D eigenvalue weighted by Crippen LogP contribution is -2.14. The molecule has 0 unspecified atom stereocenters. The Morgan fingerprint density at radius 3 is 2.56 bits per heavy atom. The summed E-state index contributed by atoms with van der Waals surface area (Å²) in [5, 5.41) is 5.18. The normalized spacial score (nSPS) is 11.2. The molecule has 0 amide bonds. The molecule has 0 radical (unpaired) electrons. The first-order chi connectivity index (χ1) is 8.21. The van der Waals surface area contributed by atoms with Crippen molar-refractivity contribution in [1.29, 1.82) is 0 Å². The maximum Gasteiger partial charge on any atom is 0.241 e. The van der Waals surface area contributed by atoms with E-state index in [0.717, 1.165) is 11.1 Å². The van der Waals surface area contributed by atoms with E-state index in [0.29, 0.717) is 16.8 Å². The first-order valence-corrected chi connectivity index (χ1v) is 7.65. The number of nitrogens with two attached hydrogens (primary N) is 1. The van der Waals surface area contributed by atoms with Crippen molar-refractivity contribution >= 4 is 26.0 Å².